The van der Waals surface area contributed by atoms with Gasteiger partial charge in [-0.3, -0.25) is 4.79 Å². The molecule has 0 fully saturated rings. The van der Waals surface area contributed by atoms with E-state index in [1.54, 1.807) is 11.8 Å². The molecule has 0 saturated heterocycles. The van der Waals surface area contributed by atoms with Gasteiger partial charge in [0.05, 0.1) is 16.9 Å². The highest BCUT2D eigenvalue weighted by atomic mass is 32.2. The number of benzene rings is 1. The Labute approximate surface area is 105 Å². The zero-order valence-electron chi connectivity index (χ0n) is 9.88. The largest absolute Gasteiger partial charge is 0.298 e. The van der Waals surface area contributed by atoms with E-state index in [4.69, 9.17) is 0 Å². The molecule has 2 rings (SSSR count). The van der Waals surface area contributed by atoms with E-state index in [9.17, 15) is 4.79 Å². The number of carbonyl (C=O) groups excluding carboxylic acids is 1. The number of para-hydroxylation sites is 1. The van der Waals surface area contributed by atoms with Crippen LogP contribution in [0, 0.1) is 6.92 Å². The molecule has 17 heavy (non-hydrogen) atoms. The summed E-state index contributed by atoms with van der Waals surface area (Å²) < 4.78 is 1.84. The van der Waals surface area contributed by atoms with Gasteiger partial charge in [-0.1, -0.05) is 25.1 Å². The lowest BCUT2D eigenvalue weighted by atomic mass is 10.3. The van der Waals surface area contributed by atoms with Crippen LogP contribution in [0.25, 0.3) is 5.69 Å². The Hall–Kier alpha value is -1.55. The van der Waals surface area contributed by atoms with Gasteiger partial charge in [-0.2, -0.15) is 5.10 Å². The Kier molecular flexibility index (Phi) is 3.64. The molecule has 88 valence electrons. The average molecular weight is 246 g/mol. The van der Waals surface area contributed by atoms with Gasteiger partial charge in [0.15, 0.2) is 6.29 Å². The van der Waals surface area contributed by atoms with E-state index in [0.717, 1.165) is 28.4 Å². The molecule has 0 atom stereocenters. The molecule has 0 radical (unpaired) electrons. The molecule has 1 heterocycles. The van der Waals surface area contributed by atoms with Crippen molar-refractivity contribution in [2.45, 2.75) is 18.9 Å². The second kappa shape index (κ2) is 5.19. The van der Waals surface area contributed by atoms with Crippen LogP contribution in [0.4, 0.5) is 0 Å². The summed E-state index contributed by atoms with van der Waals surface area (Å²) in [5, 5.41) is 5.36. The van der Waals surface area contributed by atoms with Crippen LogP contribution in [0.3, 0.4) is 0 Å². The molecule has 4 heteroatoms. The van der Waals surface area contributed by atoms with Gasteiger partial charge in [0, 0.05) is 0 Å². The first-order valence-corrected chi connectivity index (χ1v) is 6.49. The predicted molar refractivity (Wildman–Crippen MR) is 70.1 cm³/mol. The number of aromatic nitrogens is 2. The molecular formula is C13H14N2OS. The smallest absolute Gasteiger partial charge is 0.154 e. The maximum absolute atomic E-state index is 11.1. The van der Waals surface area contributed by atoms with Gasteiger partial charge in [-0.25, -0.2) is 4.68 Å². The van der Waals surface area contributed by atoms with Crippen molar-refractivity contribution >= 4 is 18.0 Å². The summed E-state index contributed by atoms with van der Waals surface area (Å²) in [4.78, 5) is 11.1. The molecule has 0 unspecified atom stereocenters. The lowest BCUT2D eigenvalue weighted by Gasteiger charge is -2.06. The minimum absolute atomic E-state index is 0.695. The molecule has 2 aromatic rings. The number of thioether (sulfide) groups is 1. The summed E-state index contributed by atoms with van der Waals surface area (Å²) in [5.74, 6) is 0.915. The fraction of sp³-hybridized carbons (Fsp3) is 0.231. The fourth-order valence-electron chi connectivity index (χ4n) is 1.67. The summed E-state index contributed by atoms with van der Waals surface area (Å²) >= 11 is 1.64. The van der Waals surface area contributed by atoms with Crippen molar-refractivity contribution in [1.29, 1.82) is 0 Å². The molecule has 1 aromatic carbocycles. The van der Waals surface area contributed by atoms with Crippen molar-refractivity contribution in [3.63, 3.8) is 0 Å². The third-order valence-electron chi connectivity index (χ3n) is 2.46. The number of aldehydes is 1. The zero-order valence-corrected chi connectivity index (χ0v) is 10.7. The van der Waals surface area contributed by atoms with Crippen LogP contribution in [0.5, 0.6) is 0 Å². The number of aryl methyl sites for hydroxylation is 1. The quantitative estimate of drug-likeness (QED) is 0.614. The number of nitrogens with zero attached hydrogens (tertiary/aromatic N) is 2. The molecule has 1 aromatic heterocycles. The summed E-state index contributed by atoms with van der Waals surface area (Å²) in [6.45, 7) is 3.93. The van der Waals surface area contributed by atoms with Crippen LogP contribution in [-0.2, 0) is 0 Å². The van der Waals surface area contributed by atoms with Crippen molar-refractivity contribution < 1.29 is 4.79 Å². The third kappa shape index (κ3) is 2.26. The van der Waals surface area contributed by atoms with E-state index >= 15 is 0 Å². The molecule has 0 spiro atoms. The van der Waals surface area contributed by atoms with E-state index in [1.165, 1.54) is 0 Å². The standard InChI is InChI=1S/C13H14N2OS/c1-3-17-13-12(9-16)10(2)14-15(13)11-7-5-4-6-8-11/h4-9H,3H2,1-2H3. The summed E-state index contributed by atoms with van der Waals surface area (Å²) in [6.07, 6.45) is 0.889. The van der Waals surface area contributed by atoms with Crippen molar-refractivity contribution in [3.05, 3.63) is 41.6 Å². The van der Waals surface area contributed by atoms with E-state index in [2.05, 4.69) is 12.0 Å². The van der Waals surface area contributed by atoms with Gasteiger partial charge in [0.2, 0.25) is 0 Å². The second-order valence-electron chi connectivity index (χ2n) is 3.60. The molecule has 0 N–H and O–H groups in total. The number of rotatable bonds is 4. The van der Waals surface area contributed by atoms with Crippen LogP contribution in [0.15, 0.2) is 35.4 Å². The maximum Gasteiger partial charge on any atom is 0.154 e. The first kappa shape index (κ1) is 11.9. The Bertz CT molecular complexity index is 520. The number of hydrogen-bond donors (Lipinski definition) is 0. The maximum atomic E-state index is 11.1. The zero-order chi connectivity index (χ0) is 12.3. The van der Waals surface area contributed by atoms with Crippen LogP contribution >= 0.6 is 11.8 Å². The third-order valence-corrected chi connectivity index (χ3v) is 3.42. The van der Waals surface area contributed by atoms with Crippen LogP contribution in [0.1, 0.15) is 23.0 Å². The minimum Gasteiger partial charge on any atom is -0.298 e. The highest BCUT2D eigenvalue weighted by molar-refractivity contribution is 7.99. The first-order valence-electron chi connectivity index (χ1n) is 5.51. The molecule has 0 aliphatic rings. The Morgan fingerprint density at radius 1 is 1.35 bits per heavy atom. The van der Waals surface area contributed by atoms with Gasteiger partial charge in [-0.05, 0) is 24.8 Å². The van der Waals surface area contributed by atoms with Crippen LogP contribution in [0.2, 0.25) is 0 Å². The Morgan fingerprint density at radius 3 is 2.65 bits per heavy atom. The van der Waals surface area contributed by atoms with Gasteiger partial charge in [-0.15, -0.1) is 11.8 Å². The first-order chi connectivity index (χ1) is 8.27. The van der Waals surface area contributed by atoms with E-state index < -0.39 is 0 Å². The molecular weight excluding hydrogens is 232 g/mol. The predicted octanol–water partition coefficient (Wildman–Crippen LogP) is 3.11. The van der Waals surface area contributed by atoms with Gasteiger partial charge >= 0.3 is 0 Å². The number of hydrogen-bond acceptors (Lipinski definition) is 3. The van der Waals surface area contributed by atoms with E-state index in [1.807, 2.05) is 41.9 Å². The molecule has 0 aliphatic heterocycles. The SMILES string of the molecule is CCSc1c(C=O)c(C)nn1-c1ccccc1. The lowest BCUT2D eigenvalue weighted by Crippen LogP contribution is -1.98. The topological polar surface area (TPSA) is 34.9 Å². The van der Waals surface area contributed by atoms with Crippen molar-refractivity contribution in [2.24, 2.45) is 0 Å². The Morgan fingerprint density at radius 2 is 2.06 bits per heavy atom. The number of carbonyl (C=O) groups is 1. The summed E-state index contributed by atoms with van der Waals surface area (Å²) in [5.41, 5.74) is 2.46. The highest BCUT2D eigenvalue weighted by Crippen LogP contribution is 2.26. The molecule has 0 saturated carbocycles. The molecule has 0 bridgehead atoms. The van der Waals surface area contributed by atoms with Crippen LogP contribution < -0.4 is 0 Å². The normalized spacial score (nSPS) is 10.5. The van der Waals surface area contributed by atoms with Gasteiger partial charge in [0.25, 0.3) is 0 Å². The van der Waals surface area contributed by atoms with Crippen LogP contribution in [-0.4, -0.2) is 21.8 Å². The van der Waals surface area contributed by atoms with Gasteiger partial charge in [0.1, 0.15) is 5.03 Å². The second-order valence-corrected chi connectivity index (χ2v) is 4.86. The van der Waals surface area contributed by atoms with Crippen molar-refractivity contribution in [3.8, 4) is 5.69 Å². The van der Waals surface area contributed by atoms with E-state index in [0.29, 0.717) is 5.56 Å². The van der Waals surface area contributed by atoms with Gasteiger partial charge < -0.3 is 0 Å². The molecule has 3 nitrogen and oxygen atoms in total. The fourth-order valence-corrected chi connectivity index (χ4v) is 2.57. The summed E-state index contributed by atoms with van der Waals surface area (Å²) in [7, 11) is 0. The minimum atomic E-state index is 0.695. The monoisotopic (exact) mass is 246 g/mol. The van der Waals surface area contributed by atoms with E-state index in [-0.39, 0.29) is 0 Å². The summed E-state index contributed by atoms with van der Waals surface area (Å²) in [6, 6.07) is 9.87. The highest BCUT2D eigenvalue weighted by Gasteiger charge is 2.15. The Balaban J connectivity index is 2.57. The average Bonchev–Trinajstić information content (AvgIpc) is 2.67. The van der Waals surface area contributed by atoms with Crippen molar-refractivity contribution in [1.82, 2.24) is 9.78 Å². The van der Waals surface area contributed by atoms with Crippen molar-refractivity contribution in [2.75, 3.05) is 5.75 Å². The lowest BCUT2D eigenvalue weighted by molar-refractivity contribution is 0.112. The molecule has 0 amide bonds. The molecule has 0 aliphatic carbocycles.